The van der Waals surface area contributed by atoms with Gasteiger partial charge in [-0.1, -0.05) is 48.6 Å². The summed E-state index contributed by atoms with van der Waals surface area (Å²) in [5.41, 5.74) is 6.26. The number of rotatable bonds is 10. The Balaban J connectivity index is 1.49. The van der Waals surface area contributed by atoms with E-state index in [4.69, 9.17) is 0 Å². The van der Waals surface area contributed by atoms with Gasteiger partial charge in [-0.25, -0.2) is 5.43 Å². The van der Waals surface area contributed by atoms with E-state index in [1.54, 1.807) is 6.08 Å². The number of aromatic hydroxyl groups is 1. The highest BCUT2D eigenvalue weighted by atomic mass is 16.3. The Morgan fingerprint density at radius 3 is 2.38 bits per heavy atom. The lowest BCUT2D eigenvalue weighted by Crippen LogP contribution is -2.48. The molecule has 6 nitrogen and oxygen atoms in total. The lowest BCUT2D eigenvalue weighted by Gasteiger charge is -2.34. The molecule has 0 bridgehead atoms. The van der Waals surface area contributed by atoms with Gasteiger partial charge in [0.2, 0.25) is 0 Å². The quantitative estimate of drug-likeness (QED) is 0.344. The number of phenolic OH excluding ortho intramolecular Hbond substituents is 1. The number of benzene rings is 2. The number of allylic oxidation sites excluding steroid dienone is 2. The molecule has 1 saturated heterocycles. The van der Waals surface area contributed by atoms with Crippen LogP contribution in [0, 0.1) is 0 Å². The number of hydrogen-bond acceptors (Lipinski definition) is 5. The third-order valence-corrected chi connectivity index (χ3v) is 5.50. The maximum absolute atomic E-state index is 12.3. The Kier molecular flexibility index (Phi) is 8.78. The minimum absolute atomic E-state index is 0.158. The first kappa shape index (κ1) is 23.4. The van der Waals surface area contributed by atoms with Crippen LogP contribution in [0.5, 0.6) is 5.75 Å². The first-order chi connectivity index (χ1) is 15.6. The van der Waals surface area contributed by atoms with Crippen LogP contribution < -0.4 is 5.43 Å². The van der Waals surface area contributed by atoms with Gasteiger partial charge in [0.1, 0.15) is 5.75 Å². The highest BCUT2D eigenvalue weighted by Gasteiger charge is 2.18. The molecule has 1 aliphatic heterocycles. The first-order valence-corrected chi connectivity index (χ1v) is 11.0. The Labute approximate surface area is 190 Å². The summed E-state index contributed by atoms with van der Waals surface area (Å²) in [4.78, 5) is 16.9. The van der Waals surface area contributed by atoms with Gasteiger partial charge in [0, 0.05) is 38.3 Å². The summed E-state index contributed by atoms with van der Waals surface area (Å²) in [5, 5.41) is 14.5. The Morgan fingerprint density at radius 1 is 1.00 bits per heavy atom. The second-order valence-electron chi connectivity index (χ2n) is 8.01. The highest BCUT2D eigenvalue weighted by molar-refractivity contribution is 5.86. The minimum Gasteiger partial charge on any atom is -0.507 e. The normalized spacial score (nSPS) is 15.0. The van der Waals surface area contributed by atoms with Crippen molar-refractivity contribution in [3.63, 3.8) is 0 Å². The van der Waals surface area contributed by atoms with Crippen LogP contribution in [0.3, 0.4) is 0 Å². The van der Waals surface area contributed by atoms with E-state index >= 15 is 0 Å². The van der Waals surface area contributed by atoms with Crippen LogP contribution in [0.15, 0.2) is 72.9 Å². The number of phenols is 1. The molecule has 32 heavy (non-hydrogen) atoms. The smallest absolute Gasteiger partial charge is 0.254 e. The van der Waals surface area contributed by atoms with E-state index in [-0.39, 0.29) is 11.7 Å². The molecule has 2 aromatic rings. The van der Waals surface area contributed by atoms with Gasteiger partial charge in [0.15, 0.2) is 0 Å². The van der Waals surface area contributed by atoms with Crippen molar-refractivity contribution < 1.29 is 9.90 Å². The zero-order valence-corrected chi connectivity index (χ0v) is 18.5. The molecule has 0 radical (unpaired) electrons. The van der Waals surface area contributed by atoms with Crippen molar-refractivity contribution in [2.24, 2.45) is 5.10 Å². The summed E-state index contributed by atoms with van der Waals surface area (Å²) in [6, 6.07) is 14.2. The number of amides is 1. The predicted octanol–water partition coefficient (Wildman–Crippen LogP) is 3.12. The zero-order chi connectivity index (χ0) is 22.8. The molecule has 1 heterocycles. The molecule has 6 heteroatoms. The van der Waals surface area contributed by atoms with Crippen LogP contribution in [0.25, 0.3) is 0 Å². The molecule has 3 rings (SSSR count). The van der Waals surface area contributed by atoms with Crippen LogP contribution in [-0.4, -0.2) is 59.8 Å². The molecule has 0 saturated carbocycles. The van der Waals surface area contributed by atoms with Crippen molar-refractivity contribution in [1.82, 2.24) is 15.2 Å². The van der Waals surface area contributed by atoms with Crippen LogP contribution in [0.4, 0.5) is 0 Å². The molecule has 1 amide bonds. The van der Waals surface area contributed by atoms with Crippen molar-refractivity contribution in [1.29, 1.82) is 0 Å². The topological polar surface area (TPSA) is 68.2 Å². The van der Waals surface area contributed by atoms with Gasteiger partial charge >= 0.3 is 0 Å². The van der Waals surface area contributed by atoms with Gasteiger partial charge in [-0.15, -0.1) is 13.2 Å². The molecule has 1 aliphatic rings. The van der Waals surface area contributed by atoms with E-state index in [0.29, 0.717) is 24.9 Å². The second kappa shape index (κ2) is 12.0. The summed E-state index contributed by atoms with van der Waals surface area (Å²) in [5.74, 6) is -0.00365. The minimum atomic E-state index is -0.161. The zero-order valence-electron chi connectivity index (χ0n) is 18.5. The van der Waals surface area contributed by atoms with Crippen LogP contribution in [0.2, 0.25) is 0 Å². The number of nitrogens with zero attached hydrogens (tertiary/aromatic N) is 3. The van der Waals surface area contributed by atoms with Crippen molar-refractivity contribution in [3.8, 4) is 5.75 Å². The third kappa shape index (κ3) is 6.90. The third-order valence-electron chi connectivity index (χ3n) is 5.50. The number of carbonyl (C=O) groups excluding carboxylic acids is 1. The second-order valence-corrected chi connectivity index (χ2v) is 8.01. The summed E-state index contributed by atoms with van der Waals surface area (Å²) in [6.45, 7) is 12.3. The van der Waals surface area contributed by atoms with E-state index in [2.05, 4.69) is 57.8 Å². The molecule has 2 aromatic carbocycles. The summed E-state index contributed by atoms with van der Waals surface area (Å²) in [7, 11) is 0. The number of nitrogens with one attached hydrogen (secondary N) is 1. The number of hydrazone groups is 1. The molecule has 0 aromatic heterocycles. The SMILES string of the molecule is C=CCc1cc(/C=N/NC(=O)CN2CCN(Cc3ccccc3)CC2)c(O)c(CC=C)c1. The summed E-state index contributed by atoms with van der Waals surface area (Å²) in [6.07, 6.45) is 6.29. The Hall–Kier alpha value is -3.22. The predicted molar refractivity (Wildman–Crippen MR) is 130 cm³/mol. The highest BCUT2D eigenvalue weighted by Crippen LogP contribution is 2.24. The fourth-order valence-corrected chi connectivity index (χ4v) is 3.84. The van der Waals surface area contributed by atoms with Gasteiger partial charge in [-0.3, -0.25) is 14.6 Å². The molecule has 0 spiro atoms. The number of hydrogen-bond donors (Lipinski definition) is 2. The first-order valence-electron chi connectivity index (χ1n) is 11.0. The summed E-state index contributed by atoms with van der Waals surface area (Å²) < 4.78 is 0. The van der Waals surface area contributed by atoms with Crippen LogP contribution in [0.1, 0.15) is 22.3 Å². The fraction of sp³-hybridized carbons (Fsp3) is 0.308. The molecule has 2 N–H and O–H groups in total. The van der Waals surface area contributed by atoms with Crippen molar-refractivity contribution in [2.45, 2.75) is 19.4 Å². The fourth-order valence-electron chi connectivity index (χ4n) is 3.84. The van der Waals surface area contributed by atoms with Crippen molar-refractivity contribution in [2.75, 3.05) is 32.7 Å². The molecule has 0 unspecified atom stereocenters. The lowest BCUT2D eigenvalue weighted by molar-refractivity contribution is -0.122. The number of piperazine rings is 1. The molecule has 0 aliphatic carbocycles. The molecule has 1 fully saturated rings. The van der Waals surface area contributed by atoms with Gasteiger partial charge in [-0.05, 0) is 35.6 Å². The maximum Gasteiger partial charge on any atom is 0.254 e. The molecule has 168 valence electrons. The molecular weight excluding hydrogens is 400 g/mol. The summed E-state index contributed by atoms with van der Waals surface area (Å²) >= 11 is 0. The number of carbonyl (C=O) groups is 1. The van der Waals surface area contributed by atoms with Gasteiger partial charge in [0.25, 0.3) is 5.91 Å². The molecular formula is C26H32N4O2. The van der Waals surface area contributed by atoms with E-state index in [0.717, 1.165) is 43.9 Å². The lowest BCUT2D eigenvalue weighted by atomic mass is 10.0. The maximum atomic E-state index is 12.3. The molecule has 0 atom stereocenters. The van der Waals surface area contributed by atoms with E-state index in [1.807, 2.05) is 24.3 Å². The van der Waals surface area contributed by atoms with Gasteiger partial charge < -0.3 is 5.11 Å². The Morgan fingerprint density at radius 2 is 1.69 bits per heavy atom. The average molecular weight is 433 g/mol. The Bertz CT molecular complexity index is 948. The van der Waals surface area contributed by atoms with Crippen LogP contribution in [-0.2, 0) is 24.2 Å². The van der Waals surface area contributed by atoms with E-state index < -0.39 is 0 Å². The standard InChI is InChI=1S/C26H32N4O2/c1-3-8-22-16-23(9-4-2)26(32)24(17-22)18-27-28-25(31)20-30-14-12-29(13-15-30)19-21-10-6-5-7-11-21/h3-7,10-11,16-18,32H,1-2,8-9,12-15,19-20H2,(H,28,31)/b27-18+. The van der Waals surface area contributed by atoms with Gasteiger partial charge in [-0.2, -0.15) is 5.10 Å². The van der Waals surface area contributed by atoms with Crippen molar-refractivity contribution >= 4 is 12.1 Å². The average Bonchev–Trinajstić information content (AvgIpc) is 2.79. The van der Waals surface area contributed by atoms with Crippen molar-refractivity contribution in [3.05, 3.63) is 90.0 Å². The largest absolute Gasteiger partial charge is 0.507 e. The monoisotopic (exact) mass is 432 g/mol. The van der Waals surface area contributed by atoms with E-state index in [9.17, 15) is 9.90 Å². The van der Waals surface area contributed by atoms with E-state index in [1.165, 1.54) is 11.8 Å². The van der Waals surface area contributed by atoms with Gasteiger partial charge in [0.05, 0.1) is 12.8 Å². The van der Waals surface area contributed by atoms with Crippen LogP contribution >= 0.6 is 0 Å².